The number of hydrogen-bond donors (Lipinski definition) is 1. The predicted molar refractivity (Wildman–Crippen MR) is 79.6 cm³/mol. The fourth-order valence-corrected chi connectivity index (χ4v) is 3.42. The maximum absolute atomic E-state index is 10.2. The molecular formula is C16H23BrO. The van der Waals surface area contributed by atoms with E-state index in [-0.39, 0.29) is 6.10 Å². The van der Waals surface area contributed by atoms with Gasteiger partial charge in [0.05, 0.1) is 6.10 Å². The monoisotopic (exact) mass is 310 g/mol. The highest BCUT2D eigenvalue weighted by Gasteiger charge is 2.28. The molecule has 1 fully saturated rings. The molecule has 1 aliphatic carbocycles. The van der Waals surface area contributed by atoms with Crippen LogP contribution in [0.5, 0.6) is 0 Å². The molecule has 1 saturated carbocycles. The smallest absolute Gasteiger partial charge is 0.0571 e. The van der Waals surface area contributed by atoms with Crippen molar-refractivity contribution in [3.63, 3.8) is 0 Å². The van der Waals surface area contributed by atoms with Crippen molar-refractivity contribution in [2.24, 2.45) is 11.8 Å². The van der Waals surface area contributed by atoms with Crippen LogP contribution in [0.15, 0.2) is 28.7 Å². The normalized spacial score (nSPS) is 28.3. The Balaban J connectivity index is 1.95. The van der Waals surface area contributed by atoms with Gasteiger partial charge in [0, 0.05) is 4.47 Å². The average molecular weight is 311 g/mol. The Kier molecular flexibility index (Phi) is 5.25. The molecule has 18 heavy (non-hydrogen) atoms. The molecule has 0 amide bonds. The highest BCUT2D eigenvalue weighted by atomic mass is 79.9. The molecule has 0 spiro atoms. The largest absolute Gasteiger partial charge is 0.393 e. The lowest BCUT2D eigenvalue weighted by Gasteiger charge is -2.33. The summed E-state index contributed by atoms with van der Waals surface area (Å²) in [6.45, 7) is 2.26. The third kappa shape index (κ3) is 3.83. The molecule has 0 saturated heterocycles. The molecule has 0 bridgehead atoms. The lowest BCUT2D eigenvalue weighted by molar-refractivity contribution is 0.0463. The van der Waals surface area contributed by atoms with E-state index in [1.807, 2.05) is 0 Å². The van der Waals surface area contributed by atoms with Crippen LogP contribution in [0.4, 0.5) is 0 Å². The average Bonchev–Trinajstić information content (AvgIpc) is 2.36. The van der Waals surface area contributed by atoms with Crippen LogP contribution < -0.4 is 0 Å². The zero-order valence-corrected chi connectivity index (χ0v) is 12.7. The molecule has 0 radical (unpaired) electrons. The minimum Gasteiger partial charge on any atom is -0.393 e. The van der Waals surface area contributed by atoms with Crippen molar-refractivity contribution >= 4 is 15.9 Å². The standard InChI is InChI=1S/C16H23BrO/c1-2-3-12-6-9-16(18)14(10-12)11-13-4-7-15(17)8-5-13/h4-5,7-8,12,14,16,18H,2-3,6,9-11H2,1H3. The maximum Gasteiger partial charge on any atom is 0.0571 e. The van der Waals surface area contributed by atoms with Crippen LogP contribution in [0.25, 0.3) is 0 Å². The van der Waals surface area contributed by atoms with Gasteiger partial charge < -0.3 is 5.11 Å². The van der Waals surface area contributed by atoms with Crippen molar-refractivity contribution in [3.8, 4) is 0 Å². The molecule has 1 nitrogen and oxygen atoms in total. The van der Waals surface area contributed by atoms with Crippen LogP contribution in [0, 0.1) is 11.8 Å². The first-order chi connectivity index (χ1) is 8.69. The Morgan fingerprint density at radius 2 is 1.94 bits per heavy atom. The summed E-state index contributed by atoms with van der Waals surface area (Å²) in [5.41, 5.74) is 1.35. The van der Waals surface area contributed by atoms with E-state index in [9.17, 15) is 5.11 Å². The first kappa shape index (κ1) is 14.1. The van der Waals surface area contributed by atoms with Crippen molar-refractivity contribution in [3.05, 3.63) is 34.3 Å². The summed E-state index contributed by atoms with van der Waals surface area (Å²) in [4.78, 5) is 0. The number of halogens is 1. The van der Waals surface area contributed by atoms with E-state index in [0.717, 1.165) is 23.2 Å². The summed E-state index contributed by atoms with van der Waals surface area (Å²) < 4.78 is 1.12. The zero-order valence-electron chi connectivity index (χ0n) is 11.1. The lowest BCUT2D eigenvalue weighted by Crippen LogP contribution is -2.30. The van der Waals surface area contributed by atoms with Gasteiger partial charge in [0.1, 0.15) is 0 Å². The Hall–Kier alpha value is -0.340. The minimum absolute atomic E-state index is 0.0956. The second-order valence-electron chi connectivity index (χ2n) is 5.63. The Labute approximate surface area is 119 Å². The van der Waals surface area contributed by atoms with Gasteiger partial charge in [0.25, 0.3) is 0 Å². The maximum atomic E-state index is 10.2. The van der Waals surface area contributed by atoms with Crippen LogP contribution in [0.2, 0.25) is 0 Å². The first-order valence-electron chi connectivity index (χ1n) is 7.11. The third-order valence-corrected chi connectivity index (χ3v) is 4.69. The second-order valence-corrected chi connectivity index (χ2v) is 6.54. The Bertz CT molecular complexity index is 360. The van der Waals surface area contributed by atoms with Crippen molar-refractivity contribution in [1.82, 2.24) is 0 Å². The van der Waals surface area contributed by atoms with E-state index in [1.54, 1.807) is 0 Å². The number of hydrogen-bond acceptors (Lipinski definition) is 1. The van der Waals surface area contributed by atoms with E-state index in [4.69, 9.17) is 0 Å². The summed E-state index contributed by atoms with van der Waals surface area (Å²) in [5.74, 6) is 1.29. The van der Waals surface area contributed by atoms with Gasteiger partial charge in [-0.3, -0.25) is 0 Å². The highest BCUT2D eigenvalue weighted by Crippen LogP contribution is 2.34. The van der Waals surface area contributed by atoms with Gasteiger partial charge in [-0.15, -0.1) is 0 Å². The van der Waals surface area contributed by atoms with E-state index >= 15 is 0 Å². The lowest BCUT2D eigenvalue weighted by atomic mass is 9.75. The van der Waals surface area contributed by atoms with Crippen LogP contribution >= 0.6 is 15.9 Å². The number of aliphatic hydroxyl groups excluding tert-OH is 1. The van der Waals surface area contributed by atoms with E-state index in [0.29, 0.717) is 5.92 Å². The summed E-state index contributed by atoms with van der Waals surface area (Å²) in [6, 6.07) is 8.52. The van der Waals surface area contributed by atoms with E-state index in [1.165, 1.54) is 31.2 Å². The van der Waals surface area contributed by atoms with Crippen molar-refractivity contribution in [2.45, 2.75) is 51.6 Å². The summed E-state index contributed by atoms with van der Waals surface area (Å²) >= 11 is 3.46. The molecule has 2 rings (SSSR count). The SMILES string of the molecule is CCCC1CCC(O)C(Cc2ccc(Br)cc2)C1. The summed E-state index contributed by atoms with van der Waals surface area (Å²) in [6.07, 6.45) is 6.92. The minimum atomic E-state index is -0.0956. The first-order valence-corrected chi connectivity index (χ1v) is 7.91. The van der Waals surface area contributed by atoms with Crippen LogP contribution in [0.3, 0.4) is 0 Å². The van der Waals surface area contributed by atoms with Gasteiger partial charge >= 0.3 is 0 Å². The highest BCUT2D eigenvalue weighted by molar-refractivity contribution is 9.10. The molecule has 1 N–H and O–H groups in total. The van der Waals surface area contributed by atoms with Crippen LogP contribution in [-0.2, 0) is 6.42 Å². The van der Waals surface area contributed by atoms with Crippen LogP contribution in [0.1, 0.15) is 44.6 Å². The molecule has 3 unspecified atom stereocenters. The molecule has 100 valence electrons. The molecule has 0 heterocycles. The second kappa shape index (κ2) is 6.72. The van der Waals surface area contributed by atoms with Crippen molar-refractivity contribution in [1.29, 1.82) is 0 Å². The Morgan fingerprint density at radius 3 is 2.61 bits per heavy atom. The third-order valence-electron chi connectivity index (χ3n) is 4.16. The summed E-state index contributed by atoms with van der Waals surface area (Å²) in [5, 5.41) is 10.2. The molecular weight excluding hydrogens is 288 g/mol. The Morgan fingerprint density at radius 1 is 1.22 bits per heavy atom. The van der Waals surface area contributed by atoms with Gasteiger partial charge in [-0.1, -0.05) is 47.8 Å². The topological polar surface area (TPSA) is 20.2 Å². The molecule has 0 aliphatic heterocycles. The fourth-order valence-electron chi connectivity index (χ4n) is 3.16. The predicted octanol–water partition coefficient (Wildman–Crippen LogP) is 4.57. The molecule has 0 aromatic heterocycles. The quantitative estimate of drug-likeness (QED) is 0.863. The molecule has 1 aliphatic rings. The molecule has 3 atom stereocenters. The van der Waals surface area contributed by atoms with Gasteiger partial charge in [-0.25, -0.2) is 0 Å². The molecule has 2 heteroatoms. The van der Waals surface area contributed by atoms with Crippen molar-refractivity contribution < 1.29 is 5.11 Å². The fraction of sp³-hybridized carbons (Fsp3) is 0.625. The molecule has 1 aromatic rings. The number of benzene rings is 1. The van der Waals surface area contributed by atoms with E-state index < -0.39 is 0 Å². The van der Waals surface area contributed by atoms with Crippen molar-refractivity contribution in [2.75, 3.05) is 0 Å². The van der Waals surface area contributed by atoms with Gasteiger partial charge in [0.2, 0.25) is 0 Å². The summed E-state index contributed by atoms with van der Waals surface area (Å²) in [7, 11) is 0. The van der Waals surface area contributed by atoms with Gasteiger partial charge in [0.15, 0.2) is 0 Å². The number of aliphatic hydroxyl groups is 1. The molecule has 1 aromatic carbocycles. The van der Waals surface area contributed by atoms with Crippen LogP contribution in [-0.4, -0.2) is 11.2 Å². The number of rotatable bonds is 4. The van der Waals surface area contributed by atoms with Gasteiger partial charge in [-0.2, -0.15) is 0 Å². The van der Waals surface area contributed by atoms with Gasteiger partial charge in [-0.05, 0) is 55.2 Å². The zero-order chi connectivity index (χ0) is 13.0. The van der Waals surface area contributed by atoms with E-state index in [2.05, 4.69) is 47.1 Å².